The van der Waals surface area contributed by atoms with Crippen LogP contribution in [0.1, 0.15) is 0 Å². The van der Waals surface area contributed by atoms with Crippen LogP contribution in [0.15, 0.2) is 0 Å². The molecule has 0 aromatic heterocycles. The smallest absolute Gasteiger partial charge is 0.370 e. The van der Waals surface area contributed by atoms with Gasteiger partial charge in [-0.05, 0) is 0 Å². The van der Waals surface area contributed by atoms with E-state index in [2.05, 4.69) is 30.2 Å². The van der Waals surface area contributed by atoms with Gasteiger partial charge < -0.3 is 22.9 Å². The first kappa shape index (κ1) is 24.3. The lowest BCUT2D eigenvalue weighted by molar-refractivity contribution is 0.328. The van der Waals surface area contributed by atoms with E-state index in [4.69, 9.17) is 19.9 Å². The van der Waals surface area contributed by atoms with Crippen LogP contribution < -0.4 is 22.9 Å². The van der Waals surface area contributed by atoms with Crippen LogP contribution in [0.25, 0.3) is 0 Å². The van der Waals surface area contributed by atoms with E-state index >= 15 is 0 Å². The van der Waals surface area contributed by atoms with Crippen LogP contribution in [-0.2, 0) is 38.5 Å². The van der Waals surface area contributed by atoms with Crippen LogP contribution in [0, 0.1) is 10.8 Å². The van der Waals surface area contributed by atoms with Gasteiger partial charge >= 0.3 is 31.2 Å². The minimum Gasteiger partial charge on any atom is -0.370 e. The normalized spacial score (nSPS) is 11.1. The van der Waals surface area contributed by atoms with Crippen LogP contribution in [0.2, 0.25) is 0 Å². The Hall–Kier alpha value is -1.77. The molecule has 0 aromatic carbocycles. The van der Waals surface area contributed by atoms with Gasteiger partial charge in [-0.2, -0.15) is 25.3 Å². The molecule has 16 nitrogen and oxygen atoms in total. The van der Waals surface area contributed by atoms with Gasteiger partial charge in [0.15, 0.2) is 11.9 Å². The van der Waals surface area contributed by atoms with Gasteiger partial charge in [0, 0.05) is 0 Å². The lowest BCUT2D eigenvalue weighted by atomic mass is 11.1. The number of guanidine groups is 2. The van der Waals surface area contributed by atoms with E-state index in [9.17, 15) is 25.3 Å². The van der Waals surface area contributed by atoms with Crippen molar-refractivity contribution in [1.82, 2.24) is 0 Å². The van der Waals surface area contributed by atoms with Crippen LogP contribution in [-0.4, -0.2) is 46.3 Å². The van der Waals surface area contributed by atoms with E-state index in [1.807, 2.05) is 0 Å². The molecule has 0 aliphatic rings. The maximum atomic E-state index is 10.1. The molecular formula is C2H12N6O10S3. The van der Waals surface area contributed by atoms with Gasteiger partial charge in [-0.15, -0.1) is 0 Å². The van der Waals surface area contributed by atoms with Crippen molar-refractivity contribution in [2.45, 2.75) is 0 Å². The highest BCUT2D eigenvalue weighted by molar-refractivity contribution is 8.00. The lowest BCUT2D eigenvalue weighted by Gasteiger charge is -1.97. The molecule has 0 saturated heterocycles. The molecule has 0 aliphatic carbocycles. The first-order valence-electron chi connectivity index (χ1n) is 3.69. The summed E-state index contributed by atoms with van der Waals surface area (Å²) in [7, 11) is -16.5. The molecule has 0 aliphatic heterocycles. The molecule has 12 N–H and O–H groups in total. The molecule has 0 aromatic rings. The fraction of sp³-hybridized carbons (Fsp3) is 0. The summed E-state index contributed by atoms with van der Waals surface area (Å²) < 4.78 is 80.2. The molecule has 19 heteroatoms. The van der Waals surface area contributed by atoms with E-state index in [-0.39, 0.29) is 11.9 Å². The van der Waals surface area contributed by atoms with E-state index < -0.39 is 31.2 Å². The average Bonchev–Trinajstić information content (AvgIpc) is 1.87. The Labute approximate surface area is 119 Å². The predicted octanol–water partition coefficient (Wildman–Crippen LogP) is -4.45. The molecule has 128 valence electrons. The van der Waals surface area contributed by atoms with Gasteiger partial charge in [-0.1, -0.05) is 7.26 Å². The summed E-state index contributed by atoms with van der Waals surface area (Å²) in [5.41, 5.74) is 17.9. The molecule has 0 rings (SSSR count). The SMILES string of the molecule is N=C(N)N.N=C(N)N.O=S(=O)(O)OS(=O)(=O)OS(=O)(=O)O. The van der Waals surface area contributed by atoms with Gasteiger partial charge in [0.1, 0.15) is 0 Å². The van der Waals surface area contributed by atoms with Crippen molar-refractivity contribution < 1.29 is 41.6 Å². The fourth-order valence-corrected chi connectivity index (χ4v) is 2.20. The van der Waals surface area contributed by atoms with Crippen LogP contribution in [0.4, 0.5) is 0 Å². The third kappa shape index (κ3) is 45.9. The second-order valence-electron chi connectivity index (χ2n) is 2.31. The molecule has 21 heavy (non-hydrogen) atoms. The number of nitrogens with two attached hydrogens (primary N) is 4. The maximum Gasteiger partial charge on any atom is 0.432 e. The monoisotopic (exact) mass is 376 g/mol. The summed E-state index contributed by atoms with van der Waals surface area (Å²) in [6.07, 6.45) is 0. The second-order valence-corrected chi connectivity index (χ2v) is 5.93. The summed E-state index contributed by atoms with van der Waals surface area (Å²) in [5.74, 6) is -0.667. The molecule has 0 radical (unpaired) electrons. The number of hydrogen-bond acceptors (Lipinski definition) is 10. The van der Waals surface area contributed by atoms with Crippen molar-refractivity contribution >= 4 is 43.1 Å². The fourth-order valence-electron chi connectivity index (χ4n) is 0.222. The summed E-state index contributed by atoms with van der Waals surface area (Å²) in [6.45, 7) is 0. The third-order valence-corrected chi connectivity index (χ3v) is 3.05. The first-order chi connectivity index (χ1) is 8.88. The summed E-state index contributed by atoms with van der Waals surface area (Å²) in [4.78, 5) is 0. The van der Waals surface area contributed by atoms with Gasteiger partial charge in [0.05, 0.1) is 0 Å². The number of nitrogens with one attached hydrogen (secondary N) is 2. The molecule has 0 unspecified atom stereocenters. The zero-order valence-corrected chi connectivity index (χ0v) is 12.1. The van der Waals surface area contributed by atoms with Gasteiger partial charge in [-0.25, -0.2) is 0 Å². The Bertz CT molecular complexity index is 585. The van der Waals surface area contributed by atoms with Crippen LogP contribution in [0.5, 0.6) is 0 Å². The lowest BCUT2D eigenvalue weighted by Crippen LogP contribution is -2.20. The maximum absolute atomic E-state index is 10.1. The number of hydrogen-bond donors (Lipinski definition) is 8. The Kier molecular flexibility index (Phi) is 10.6. The molecule has 0 fully saturated rings. The second kappa shape index (κ2) is 9.22. The van der Waals surface area contributed by atoms with E-state index in [0.29, 0.717) is 0 Å². The van der Waals surface area contributed by atoms with Gasteiger partial charge in [0.2, 0.25) is 0 Å². The molecule has 0 spiro atoms. The first-order valence-corrected chi connectivity index (χ1v) is 7.75. The Morgan fingerprint density at radius 3 is 0.952 bits per heavy atom. The van der Waals surface area contributed by atoms with Crippen molar-refractivity contribution in [1.29, 1.82) is 10.8 Å². The van der Waals surface area contributed by atoms with Crippen molar-refractivity contribution in [3.63, 3.8) is 0 Å². The van der Waals surface area contributed by atoms with Gasteiger partial charge in [-0.3, -0.25) is 19.9 Å². The molecule has 0 atom stereocenters. The average molecular weight is 376 g/mol. The highest BCUT2D eigenvalue weighted by atomic mass is 32.3. The van der Waals surface area contributed by atoms with Gasteiger partial charge in [0.25, 0.3) is 0 Å². The summed E-state index contributed by atoms with van der Waals surface area (Å²) in [5, 5.41) is 12.1. The zero-order chi connectivity index (χ0) is 18.1. The quantitative estimate of drug-likeness (QED) is 0.130. The molecule has 0 saturated carbocycles. The Morgan fingerprint density at radius 1 is 0.714 bits per heavy atom. The van der Waals surface area contributed by atoms with E-state index in [1.54, 1.807) is 0 Å². The highest BCUT2D eigenvalue weighted by Gasteiger charge is 2.27. The van der Waals surface area contributed by atoms with E-state index in [0.717, 1.165) is 0 Å². The summed E-state index contributed by atoms with van der Waals surface area (Å²) >= 11 is 0. The van der Waals surface area contributed by atoms with Crippen LogP contribution >= 0.6 is 0 Å². The van der Waals surface area contributed by atoms with Crippen molar-refractivity contribution in [2.24, 2.45) is 22.9 Å². The Morgan fingerprint density at radius 2 is 0.857 bits per heavy atom. The van der Waals surface area contributed by atoms with Crippen LogP contribution in [0.3, 0.4) is 0 Å². The minimum atomic E-state index is -5.57. The van der Waals surface area contributed by atoms with Crippen molar-refractivity contribution in [3.05, 3.63) is 0 Å². The largest absolute Gasteiger partial charge is 0.432 e. The predicted molar refractivity (Wildman–Crippen MR) is 66.4 cm³/mol. The number of rotatable bonds is 4. The molecule has 0 heterocycles. The zero-order valence-electron chi connectivity index (χ0n) is 9.69. The van der Waals surface area contributed by atoms with E-state index in [1.165, 1.54) is 0 Å². The summed E-state index contributed by atoms with van der Waals surface area (Å²) in [6, 6.07) is 0. The highest BCUT2D eigenvalue weighted by Crippen LogP contribution is 2.03. The molecule has 0 amide bonds. The van der Waals surface area contributed by atoms with Crippen molar-refractivity contribution in [3.8, 4) is 0 Å². The molecule has 0 bridgehead atoms. The third-order valence-electron chi connectivity index (χ3n) is 0.339. The Balaban J connectivity index is -0.000000334. The molecular weight excluding hydrogens is 364 g/mol. The topological polar surface area (TPSA) is 313 Å². The van der Waals surface area contributed by atoms with Crippen molar-refractivity contribution in [2.75, 3.05) is 0 Å². The standard InChI is InChI=1S/2CH5N3.H2O10S3/c2*2-1(3)4;1-11(2,3)9-13(7,8)10-12(4,5)6/h2*(H5,2,3,4);(H,1,2,3)(H,4,5,6). The minimum absolute atomic E-state index is 0.333.